The number of fused-ring (bicyclic) bond motifs is 1. The molecule has 9 nitrogen and oxygen atoms in total. The Morgan fingerprint density at radius 2 is 1.62 bits per heavy atom. The molecule has 4 rings (SSSR count). The molecule has 2 N–H and O–H groups in total. The lowest BCUT2D eigenvalue weighted by atomic mass is 10.2. The number of ether oxygens (including phenoxy) is 2. The largest absolute Gasteiger partial charge is 0.485 e. The van der Waals surface area contributed by atoms with Crippen molar-refractivity contribution >= 4 is 21.8 Å². The Morgan fingerprint density at radius 1 is 0.906 bits per heavy atom. The lowest BCUT2D eigenvalue weighted by molar-refractivity contribution is -0.131. The summed E-state index contributed by atoms with van der Waals surface area (Å²) >= 11 is 0. The van der Waals surface area contributed by atoms with E-state index in [1.165, 1.54) is 28.6 Å². The van der Waals surface area contributed by atoms with Gasteiger partial charge in [-0.25, -0.2) is 8.42 Å². The second-order valence-corrected chi connectivity index (χ2v) is 9.59. The van der Waals surface area contributed by atoms with Crippen LogP contribution in [0.5, 0.6) is 11.5 Å². The number of benzene rings is 2. The molecule has 0 unspecified atom stereocenters. The van der Waals surface area contributed by atoms with Gasteiger partial charge in [0.25, 0.3) is 11.8 Å². The lowest BCUT2D eigenvalue weighted by Gasteiger charge is -2.25. The van der Waals surface area contributed by atoms with Crippen molar-refractivity contribution in [2.45, 2.75) is 36.7 Å². The molecular formula is C22H25N3O6S. The summed E-state index contributed by atoms with van der Waals surface area (Å²) in [5.41, 5.74) is 4.73. The number of nitrogens with zero attached hydrogens (tertiary/aromatic N) is 1. The predicted molar refractivity (Wildman–Crippen MR) is 116 cm³/mol. The number of sulfonamides is 1. The fourth-order valence-electron chi connectivity index (χ4n) is 3.65. The molecule has 0 saturated carbocycles. The Labute approximate surface area is 186 Å². The number of hydrogen-bond donors (Lipinski definition) is 2. The van der Waals surface area contributed by atoms with Crippen LogP contribution >= 0.6 is 0 Å². The van der Waals surface area contributed by atoms with Gasteiger partial charge in [0.1, 0.15) is 6.61 Å². The third kappa shape index (κ3) is 4.86. The van der Waals surface area contributed by atoms with Crippen molar-refractivity contribution in [2.75, 3.05) is 19.7 Å². The van der Waals surface area contributed by atoms with Gasteiger partial charge in [-0.1, -0.05) is 31.0 Å². The van der Waals surface area contributed by atoms with Gasteiger partial charge in [0.15, 0.2) is 11.5 Å². The Morgan fingerprint density at radius 3 is 2.38 bits per heavy atom. The first kappa shape index (κ1) is 22.1. The normalized spacial score (nSPS) is 18.9. The van der Waals surface area contributed by atoms with E-state index in [1.807, 2.05) is 0 Å². The van der Waals surface area contributed by atoms with Crippen LogP contribution in [0.1, 0.15) is 36.0 Å². The predicted octanol–water partition coefficient (Wildman–Crippen LogP) is 1.85. The summed E-state index contributed by atoms with van der Waals surface area (Å²) in [5.74, 6) is -0.232. The van der Waals surface area contributed by atoms with E-state index in [2.05, 4.69) is 10.9 Å². The smallest absolute Gasteiger partial charge is 0.283 e. The van der Waals surface area contributed by atoms with Crippen molar-refractivity contribution in [3.8, 4) is 11.5 Å². The highest BCUT2D eigenvalue weighted by Gasteiger charge is 2.28. The van der Waals surface area contributed by atoms with Crippen molar-refractivity contribution in [1.82, 2.24) is 15.2 Å². The minimum Gasteiger partial charge on any atom is -0.485 e. The van der Waals surface area contributed by atoms with Crippen LogP contribution in [0.25, 0.3) is 0 Å². The highest BCUT2D eigenvalue weighted by atomic mass is 32.2. The minimum atomic E-state index is -3.69. The van der Waals surface area contributed by atoms with Gasteiger partial charge < -0.3 is 9.47 Å². The fourth-order valence-corrected chi connectivity index (χ4v) is 5.21. The molecule has 0 radical (unpaired) electrons. The topological polar surface area (TPSA) is 114 Å². The van der Waals surface area contributed by atoms with Crippen LogP contribution in [0.4, 0.5) is 0 Å². The third-order valence-corrected chi connectivity index (χ3v) is 7.29. The molecule has 2 aromatic carbocycles. The maximum atomic E-state index is 13.0. The third-order valence-electron chi connectivity index (χ3n) is 5.40. The number of carbonyl (C=O) groups excluding carboxylic acids is 2. The van der Waals surface area contributed by atoms with E-state index in [-0.39, 0.29) is 17.1 Å². The van der Waals surface area contributed by atoms with Gasteiger partial charge in [0.2, 0.25) is 16.1 Å². The first-order valence-corrected chi connectivity index (χ1v) is 12.0. The van der Waals surface area contributed by atoms with E-state index in [1.54, 1.807) is 24.3 Å². The Hall–Kier alpha value is -3.11. The summed E-state index contributed by atoms with van der Waals surface area (Å²) in [6.45, 7) is 0.949. The summed E-state index contributed by atoms with van der Waals surface area (Å²) in [6, 6.07) is 12.8. The lowest BCUT2D eigenvalue weighted by Crippen LogP contribution is -2.50. The van der Waals surface area contributed by atoms with Crippen LogP contribution in [0.2, 0.25) is 0 Å². The van der Waals surface area contributed by atoms with Crippen LogP contribution in [0.15, 0.2) is 53.4 Å². The number of amides is 2. The van der Waals surface area contributed by atoms with Crippen molar-refractivity contribution in [1.29, 1.82) is 0 Å². The summed E-state index contributed by atoms with van der Waals surface area (Å²) in [5, 5.41) is 0. The highest BCUT2D eigenvalue weighted by Crippen LogP contribution is 2.30. The summed E-state index contributed by atoms with van der Waals surface area (Å²) < 4.78 is 38.5. The number of para-hydroxylation sites is 2. The highest BCUT2D eigenvalue weighted by molar-refractivity contribution is 7.89. The molecule has 1 fully saturated rings. The number of rotatable bonds is 4. The van der Waals surface area contributed by atoms with Gasteiger partial charge >= 0.3 is 0 Å². The van der Waals surface area contributed by atoms with Crippen LogP contribution in [0, 0.1) is 0 Å². The van der Waals surface area contributed by atoms with Gasteiger partial charge in [-0.15, -0.1) is 0 Å². The molecule has 0 bridgehead atoms. The molecule has 170 valence electrons. The molecule has 0 spiro atoms. The quantitative estimate of drug-likeness (QED) is 0.675. The Balaban J connectivity index is 1.38. The van der Waals surface area contributed by atoms with Crippen molar-refractivity contribution in [2.24, 2.45) is 0 Å². The van der Waals surface area contributed by atoms with Crippen LogP contribution in [-0.4, -0.2) is 50.3 Å². The fraction of sp³-hybridized carbons (Fsp3) is 0.364. The summed E-state index contributed by atoms with van der Waals surface area (Å²) in [6.07, 6.45) is 2.73. The number of hydrogen-bond acceptors (Lipinski definition) is 6. The summed E-state index contributed by atoms with van der Waals surface area (Å²) in [4.78, 5) is 25.0. The minimum absolute atomic E-state index is 0.00226. The molecule has 2 aliphatic heterocycles. The van der Waals surface area contributed by atoms with Gasteiger partial charge in [-0.05, 0) is 43.2 Å². The first-order valence-electron chi connectivity index (χ1n) is 10.5. The van der Waals surface area contributed by atoms with E-state index < -0.39 is 27.9 Å². The van der Waals surface area contributed by atoms with Crippen LogP contribution in [0.3, 0.4) is 0 Å². The SMILES string of the molecule is O=C(NNC(=O)[C@@H]1COc2ccccc2O1)c1cccc(S(=O)(=O)N2CCCCCC2)c1. The van der Waals surface area contributed by atoms with Gasteiger partial charge in [0.05, 0.1) is 4.90 Å². The van der Waals surface area contributed by atoms with E-state index in [9.17, 15) is 18.0 Å². The molecule has 0 aliphatic carbocycles. The second-order valence-electron chi connectivity index (χ2n) is 7.65. The van der Waals surface area contributed by atoms with Gasteiger partial charge in [0, 0.05) is 18.7 Å². The molecule has 32 heavy (non-hydrogen) atoms. The molecule has 1 atom stereocenters. The van der Waals surface area contributed by atoms with E-state index in [4.69, 9.17) is 9.47 Å². The zero-order valence-electron chi connectivity index (χ0n) is 17.5. The Kier molecular flexibility index (Phi) is 6.61. The Bertz CT molecular complexity index is 1100. The zero-order chi connectivity index (χ0) is 22.6. The van der Waals surface area contributed by atoms with Crippen molar-refractivity contribution in [3.63, 3.8) is 0 Å². The van der Waals surface area contributed by atoms with E-state index in [0.717, 1.165) is 25.7 Å². The number of carbonyl (C=O) groups is 2. The molecule has 2 heterocycles. The first-order chi connectivity index (χ1) is 15.4. The standard InChI is InChI=1S/C22H25N3O6S/c26-21(23-24-22(27)20-15-30-18-10-3-4-11-19(18)31-20)16-8-7-9-17(14-16)32(28,29)25-12-5-1-2-6-13-25/h3-4,7-11,14,20H,1-2,5-6,12-13,15H2,(H,23,26)(H,24,27)/t20-/m0/s1. The molecule has 1 saturated heterocycles. The zero-order valence-corrected chi connectivity index (χ0v) is 18.3. The molecule has 0 aromatic heterocycles. The van der Waals surface area contributed by atoms with Gasteiger partial charge in [-0.2, -0.15) is 4.31 Å². The number of hydrazine groups is 1. The van der Waals surface area contributed by atoms with Crippen LogP contribution in [-0.2, 0) is 14.8 Å². The summed E-state index contributed by atoms with van der Waals surface area (Å²) in [7, 11) is -3.69. The average molecular weight is 460 g/mol. The van der Waals surface area contributed by atoms with Crippen LogP contribution < -0.4 is 20.3 Å². The van der Waals surface area contributed by atoms with Crippen molar-refractivity contribution < 1.29 is 27.5 Å². The average Bonchev–Trinajstić information content (AvgIpc) is 3.12. The monoisotopic (exact) mass is 459 g/mol. The maximum Gasteiger partial charge on any atom is 0.283 e. The molecule has 2 aromatic rings. The molecule has 10 heteroatoms. The number of nitrogens with one attached hydrogen (secondary N) is 2. The second kappa shape index (κ2) is 9.58. The molecular weight excluding hydrogens is 434 g/mol. The molecule has 2 aliphatic rings. The molecule has 2 amide bonds. The van der Waals surface area contributed by atoms with E-state index >= 15 is 0 Å². The van der Waals surface area contributed by atoms with E-state index in [0.29, 0.717) is 24.6 Å². The maximum absolute atomic E-state index is 13.0. The van der Waals surface area contributed by atoms with Crippen molar-refractivity contribution in [3.05, 3.63) is 54.1 Å². The van der Waals surface area contributed by atoms with Gasteiger partial charge in [-0.3, -0.25) is 20.4 Å².